The van der Waals surface area contributed by atoms with E-state index in [1.54, 1.807) is 6.20 Å². The molecule has 3 N–H and O–H groups in total. The molecule has 2 aromatic heterocycles. The average molecular weight is 327 g/mol. The van der Waals surface area contributed by atoms with Gasteiger partial charge in [-0.25, -0.2) is 8.42 Å². The lowest BCUT2D eigenvalue weighted by Crippen LogP contribution is -2.12. The number of hydrogen-bond acceptors (Lipinski definition) is 7. The van der Waals surface area contributed by atoms with E-state index < -0.39 is 9.84 Å². The Morgan fingerprint density at radius 1 is 1.48 bits per heavy atom. The van der Waals surface area contributed by atoms with Gasteiger partial charge in [0.1, 0.15) is 9.90 Å². The van der Waals surface area contributed by atoms with Gasteiger partial charge in [0.2, 0.25) is 0 Å². The smallest absolute Gasteiger partial charge is 0.187 e. The van der Waals surface area contributed by atoms with Crippen LogP contribution in [0.5, 0.6) is 0 Å². The molecule has 1 fully saturated rings. The highest BCUT2D eigenvalue weighted by atomic mass is 32.2. The molecule has 2 heterocycles. The second kappa shape index (κ2) is 5.64. The van der Waals surface area contributed by atoms with Gasteiger partial charge < -0.3 is 11.1 Å². The molecule has 1 saturated carbocycles. The third-order valence-corrected chi connectivity index (χ3v) is 6.61. The monoisotopic (exact) mass is 327 g/mol. The third kappa shape index (κ3) is 3.03. The van der Waals surface area contributed by atoms with Crippen molar-refractivity contribution in [1.29, 1.82) is 0 Å². The summed E-state index contributed by atoms with van der Waals surface area (Å²) in [5.74, 6) is 0.112. The average Bonchev–Trinajstić information content (AvgIpc) is 3.07. The van der Waals surface area contributed by atoms with E-state index in [1.165, 1.54) is 0 Å². The van der Waals surface area contributed by atoms with Crippen molar-refractivity contribution < 1.29 is 8.42 Å². The molecule has 7 nitrogen and oxygen atoms in total. The van der Waals surface area contributed by atoms with Crippen molar-refractivity contribution in [3.63, 3.8) is 0 Å². The molecule has 0 unspecified atom stereocenters. The lowest BCUT2D eigenvalue weighted by Gasteiger charge is -2.07. The molecular formula is C12H17N5O2S2. The third-order valence-electron chi connectivity index (χ3n) is 3.33. The lowest BCUT2D eigenvalue weighted by molar-refractivity contribution is 0.590. The van der Waals surface area contributed by atoms with E-state index >= 15 is 0 Å². The van der Waals surface area contributed by atoms with Crippen LogP contribution < -0.4 is 11.1 Å². The molecule has 3 rings (SSSR count). The summed E-state index contributed by atoms with van der Waals surface area (Å²) in [6, 6.07) is 1.87. The SMILES string of the molecule is Nc1nsc(NCCCn2cccn2)c1S(=O)(=O)C1CC1. The van der Waals surface area contributed by atoms with Crippen molar-refractivity contribution in [2.45, 2.75) is 36.0 Å². The molecule has 1 aliphatic rings. The first-order valence-electron chi connectivity index (χ1n) is 6.79. The molecule has 0 amide bonds. The van der Waals surface area contributed by atoms with E-state index in [0.29, 0.717) is 11.5 Å². The number of nitrogen functional groups attached to an aromatic ring is 1. The number of hydrogen-bond donors (Lipinski definition) is 2. The van der Waals surface area contributed by atoms with Crippen molar-refractivity contribution in [3.8, 4) is 0 Å². The van der Waals surface area contributed by atoms with Crippen LogP contribution in [0.2, 0.25) is 0 Å². The van der Waals surface area contributed by atoms with Gasteiger partial charge in [0.15, 0.2) is 15.7 Å². The summed E-state index contributed by atoms with van der Waals surface area (Å²) >= 11 is 1.11. The second-order valence-corrected chi connectivity index (χ2v) is 7.96. The van der Waals surface area contributed by atoms with E-state index in [2.05, 4.69) is 14.8 Å². The minimum Gasteiger partial charge on any atom is -0.382 e. The van der Waals surface area contributed by atoms with Crippen LogP contribution in [-0.2, 0) is 16.4 Å². The zero-order valence-electron chi connectivity index (χ0n) is 11.4. The fourth-order valence-electron chi connectivity index (χ4n) is 2.10. The van der Waals surface area contributed by atoms with Crippen LogP contribution in [0.15, 0.2) is 23.4 Å². The summed E-state index contributed by atoms with van der Waals surface area (Å²) in [6.07, 6.45) is 5.90. The van der Waals surface area contributed by atoms with Gasteiger partial charge in [-0.2, -0.15) is 9.47 Å². The number of nitrogens with two attached hydrogens (primary N) is 1. The summed E-state index contributed by atoms with van der Waals surface area (Å²) in [7, 11) is -3.32. The fourth-order valence-corrected chi connectivity index (χ4v) is 5.01. The maximum atomic E-state index is 12.3. The Morgan fingerprint density at radius 3 is 2.95 bits per heavy atom. The summed E-state index contributed by atoms with van der Waals surface area (Å²) in [5, 5.41) is 7.54. The first kappa shape index (κ1) is 14.3. The van der Waals surface area contributed by atoms with E-state index in [9.17, 15) is 8.42 Å². The highest BCUT2D eigenvalue weighted by Crippen LogP contribution is 2.40. The normalized spacial score (nSPS) is 15.2. The summed E-state index contributed by atoms with van der Waals surface area (Å²) in [5.41, 5.74) is 5.74. The highest BCUT2D eigenvalue weighted by Gasteiger charge is 2.40. The zero-order chi connectivity index (χ0) is 14.9. The van der Waals surface area contributed by atoms with Crippen molar-refractivity contribution in [2.24, 2.45) is 0 Å². The van der Waals surface area contributed by atoms with Crippen LogP contribution in [0.3, 0.4) is 0 Å². The summed E-state index contributed by atoms with van der Waals surface area (Å²) in [4.78, 5) is 0.189. The number of aromatic nitrogens is 3. The number of rotatable bonds is 7. The molecule has 9 heteroatoms. The molecule has 0 atom stereocenters. The van der Waals surface area contributed by atoms with E-state index in [-0.39, 0.29) is 16.0 Å². The maximum Gasteiger partial charge on any atom is 0.187 e. The molecule has 114 valence electrons. The van der Waals surface area contributed by atoms with Crippen LogP contribution in [0.4, 0.5) is 10.8 Å². The van der Waals surface area contributed by atoms with Gasteiger partial charge in [-0.1, -0.05) is 0 Å². The van der Waals surface area contributed by atoms with Gasteiger partial charge in [-0.3, -0.25) is 4.68 Å². The van der Waals surface area contributed by atoms with Gasteiger partial charge in [-0.15, -0.1) is 0 Å². The van der Waals surface area contributed by atoms with Crippen molar-refractivity contribution >= 4 is 32.2 Å². The number of aryl methyl sites for hydroxylation is 1. The molecule has 0 aliphatic heterocycles. The molecule has 1 aliphatic carbocycles. The quantitative estimate of drug-likeness (QED) is 0.744. The van der Waals surface area contributed by atoms with E-state index in [0.717, 1.165) is 37.3 Å². The highest BCUT2D eigenvalue weighted by molar-refractivity contribution is 7.92. The standard InChI is InChI=1S/C12H17N5O2S2/c13-11-10(21(18,19)9-3-4-9)12(20-16-11)14-5-1-7-17-8-2-6-15-17/h2,6,8-9,14H,1,3-5,7H2,(H2,13,16). The molecule has 0 spiro atoms. The minimum absolute atomic E-state index is 0.112. The molecular weight excluding hydrogens is 310 g/mol. The first-order chi connectivity index (χ1) is 10.1. The Morgan fingerprint density at radius 2 is 2.29 bits per heavy atom. The predicted molar refractivity (Wildman–Crippen MR) is 82.1 cm³/mol. The summed E-state index contributed by atoms with van der Waals surface area (Å²) in [6.45, 7) is 1.42. The van der Waals surface area contributed by atoms with Crippen LogP contribution in [0, 0.1) is 0 Å². The maximum absolute atomic E-state index is 12.3. The first-order valence-corrected chi connectivity index (χ1v) is 9.11. The Hall–Kier alpha value is -1.61. The fraction of sp³-hybridized carbons (Fsp3) is 0.500. The van der Waals surface area contributed by atoms with Gasteiger partial charge in [-0.05, 0) is 36.9 Å². The minimum atomic E-state index is -3.32. The number of anilines is 2. The van der Waals surface area contributed by atoms with Gasteiger partial charge in [0.25, 0.3) is 0 Å². The largest absolute Gasteiger partial charge is 0.382 e. The van der Waals surface area contributed by atoms with Gasteiger partial charge in [0, 0.05) is 25.5 Å². The van der Waals surface area contributed by atoms with Gasteiger partial charge in [0.05, 0.1) is 5.25 Å². The van der Waals surface area contributed by atoms with Crippen LogP contribution in [-0.4, -0.2) is 34.4 Å². The van der Waals surface area contributed by atoms with E-state index in [4.69, 9.17) is 5.73 Å². The molecule has 0 bridgehead atoms. The predicted octanol–water partition coefficient (Wildman–Crippen LogP) is 1.36. The Bertz CT molecular complexity index is 704. The topological polar surface area (TPSA) is 103 Å². The summed E-state index contributed by atoms with van der Waals surface area (Å²) < 4.78 is 30.5. The lowest BCUT2D eigenvalue weighted by atomic mass is 10.4. The van der Waals surface area contributed by atoms with Crippen LogP contribution in [0.25, 0.3) is 0 Å². The molecule has 0 radical (unpaired) electrons. The Labute approximate surface area is 127 Å². The molecule has 21 heavy (non-hydrogen) atoms. The zero-order valence-corrected chi connectivity index (χ0v) is 13.0. The molecule has 2 aromatic rings. The number of nitrogens with one attached hydrogen (secondary N) is 1. The van der Waals surface area contributed by atoms with Crippen LogP contribution >= 0.6 is 11.5 Å². The van der Waals surface area contributed by atoms with Crippen molar-refractivity contribution in [1.82, 2.24) is 14.2 Å². The Balaban J connectivity index is 1.63. The molecule has 0 saturated heterocycles. The number of nitrogens with zero attached hydrogens (tertiary/aromatic N) is 3. The Kier molecular flexibility index (Phi) is 3.85. The van der Waals surface area contributed by atoms with Crippen molar-refractivity contribution in [3.05, 3.63) is 18.5 Å². The van der Waals surface area contributed by atoms with Gasteiger partial charge >= 0.3 is 0 Å². The number of sulfone groups is 1. The van der Waals surface area contributed by atoms with Crippen LogP contribution in [0.1, 0.15) is 19.3 Å². The molecule has 0 aromatic carbocycles. The second-order valence-electron chi connectivity index (χ2n) is 5.02. The van der Waals surface area contributed by atoms with Crippen molar-refractivity contribution in [2.75, 3.05) is 17.6 Å². The van der Waals surface area contributed by atoms with E-state index in [1.807, 2.05) is 16.9 Å².